The number of carbonyl (C=O) groups excluding carboxylic acids is 1. The van der Waals surface area contributed by atoms with Crippen LogP contribution in [0.25, 0.3) is 10.9 Å². The summed E-state index contributed by atoms with van der Waals surface area (Å²) in [7, 11) is 2.11. The van der Waals surface area contributed by atoms with Gasteiger partial charge in [-0.25, -0.2) is 13.8 Å². The summed E-state index contributed by atoms with van der Waals surface area (Å²) in [6.45, 7) is 3.85. The number of para-hydroxylation sites is 1. The van der Waals surface area contributed by atoms with Gasteiger partial charge in [-0.1, -0.05) is 30.0 Å². The van der Waals surface area contributed by atoms with Gasteiger partial charge >= 0.3 is 0 Å². The van der Waals surface area contributed by atoms with Gasteiger partial charge in [0, 0.05) is 46.5 Å². The van der Waals surface area contributed by atoms with Crippen molar-refractivity contribution < 1.29 is 13.6 Å². The molecular formula is C30H26F2N4O. The third-order valence-corrected chi connectivity index (χ3v) is 7.36. The minimum absolute atomic E-state index is 0.0248. The van der Waals surface area contributed by atoms with E-state index in [9.17, 15) is 13.6 Å². The molecule has 1 saturated carbocycles. The normalized spacial score (nSPS) is 21.2. The van der Waals surface area contributed by atoms with Crippen LogP contribution in [-0.4, -0.2) is 40.9 Å². The number of fused-ring (bicyclic) bond motifs is 2. The number of amides is 1. The van der Waals surface area contributed by atoms with Crippen molar-refractivity contribution in [2.75, 3.05) is 20.1 Å². The lowest BCUT2D eigenvalue weighted by atomic mass is 10.0. The number of nitrogens with zero attached hydrogens (tertiary/aromatic N) is 2. The van der Waals surface area contributed by atoms with Gasteiger partial charge in [0.25, 0.3) is 5.91 Å². The van der Waals surface area contributed by atoms with Crippen molar-refractivity contribution in [1.82, 2.24) is 20.2 Å². The Labute approximate surface area is 213 Å². The summed E-state index contributed by atoms with van der Waals surface area (Å²) in [5.41, 5.74) is 3.00. The lowest BCUT2D eigenvalue weighted by molar-refractivity contribution is 0.0936. The van der Waals surface area contributed by atoms with Crippen LogP contribution < -0.4 is 5.32 Å². The second kappa shape index (κ2) is 8.82. The molecule has 2 fully saturated rings. The molecule has 6 rings (SSSR count). The molecule has 7 heteroatoms. The number of halogens is 2. The topological polar surface area (TPSA) is 61.0 Å². The van der Waals surface area contributed by atoms with Gasteiger partial charge in [0.05, 0.1) is 6.04 Å². The van der Waals surface area contributed by atoms with Crippen LogP contribution in [0.4, 0.5) is 8.78 Å². The van der Waals surface area contributed by atoms with E-state index < -0.39 is 23.6 Å². The highest BCUT2D eigenvalue weighted by Crippen LogP contribution is 2.56. The van der Waals surface area contributed by atoms with Crippen molar-refractivity contribution >= 4 is 16.8 Å². The van der Waals surface area contributed by atoms with E-state index in [2.05, 4.69) is 39.1 Å². The molecule has 3 heterocycles. The van der Waals surface area contributed by atoms with E-state index in [0.717, 1.165) is 48.6 Å². The Morgan fingerprint density at radius 3 is 2.81 bits per heavy atom. The molecule has 2 aliphatic rings. The number of carbonyl (C=O) groups is 1. The molecule has 2 N–H and O–H groups in total. The molecule has 1 aliphatic heterocycles. The van der Waals surface area contributed by atoms with E-state index in [1.807, 2.05) is 43.3 Å². The fraction of sp³-hybridized carbons (Fsp3) is 0.267. The average molecular weight is 497 g/mol. The van der Waals surface area contributed by atoms with Gasteiger partial charge in [-0.05, 0) is 74.2 Å². The van der Waals surface area contributed by atoms with E-state index in [1.165, 1.54) is 0 Å². The zero-order valence-electron chi connectivity index (χ0n) is 20.6. The molecular weight excluding hydrogens is 470 g/mol. The van der Waals surface area contributed by atoms with Crippen molar-refractivity contribution in [3.63, 3.8) is 0 Å². The molecule has 1 unspecified atom stereocenters. The van der Waals surface area contributed by atoms with Crippen LogP contribution in [0.5, 0.6) is 0 Å². The number of H-pyrrole nitrogens is 1. The lowest BCUT2D eigenvalue weighted by Crippen LogP contribution is -2.31. The molecule has 2 aromatic heterocycles. The van der Waals surface area contributed by atoms with Gasteiger partial charge in [-0.2, -0.15) is 0 Å². The minimum atomic E-state index is -0.951. The summed E-state index contributed by atoms with van der Waals surface area (Å²) in [6, 6.07) is 15.2. The van der Waals surface area contributed by atoms with Gasteiger partial charge in [0.2, 0.25) is 0 Å². The van der Waals surface area contributed by atoms with Crippen molar-refractivity contribution in [1.29, 1.82) is 0 Å². The lowest BCUT2D eigenvalue weighted by Gasteiger charge is -2.19. The predicted molar refractivity (Wildman–Crippen MR) is 138 cm³/mol. The summed E-state index contributed by atoms with van der Waals surface area (Å²) < 4.78 is 29.0. The third-order valence-electron chi connectivity index (χ3n) is 7.36. The van der Waals surface area contributed by atoms with E-state index in [-0.39, 0.29) is 16.7 Å². The fourth-order valence-electron chi connectivity index (χ4n) is 5.50. The second-order valence-corrected chi connectivity index (χ2v) is 10.3. The highest BCUT2D eigenvalue weighted by Gasteiger charge is 2.58. The first-order valence-corrected chi connectivity index (χ1v) is 12.3. The number of benzene rings is 2. The molecule has 5 nitrogen and oxygen atoms in total. The SMILES string of the molecule is Cc1cc(C#C[C@@]23C[C@@H]2CN(C)C3)cc(C(=O)NC(c2cc3ccccc3[nH]2)c2cc(F)ccc2F)n1. The van der Waals surface area contributed by atoms with Gasteiger partial charge in [-0.3, -0.25) is 4.79 Å². The average Bonchev–Trinajstić information content (AvgIpc) is 3.20. The quantitative estimate of drug-likeness (QED) is 0.392. The Balaban J connectivity index is 1.33. The summed E-state index contributed by atoms with van der Waals surface area (Å²) in [6.07, 6.45) is 1.12. The van der Waals surface area contributed by atoms with Crippen molar-refractivity contribution in [2.24, 2.45) is 11.3 Å². The van der Waals surface area contributed by atoms with Gasteiger partial charge in [-0.15, -0.1) is 0 Å². The summed E-state index contributed by atoms with van der Waals surface area (Å²) in [5.74, 6) is 5.62. The van der Waals surface area contributed by atoms with Crippen LogP contribution in [0.15, 0.2) is 60.7 Å². The van der Waals surface area contributed by atoms with Crippen LogP contribution in [0.3, 0.4) is 0 Å². The number of hydrogen-bond acceptors (Lipinski definition) is 3. The molecule has 37 heavy (non-hydrogen) atoms. The molecule has 1 saturated heterocycles. The molecule has 0 bridgehead atoms. The maximum absolute atomic E-state index is 14.9. The number of likely N-dealkylation sites (tertiary alicyclic amines) is 1. The summed E-state index contributed by atoms with van der Waals surface area (Å²) in [4.78, 5) is 23.4. The molecule has 0 radical (unpaired) electrons. The Morgan fingerprint density at radius 1 is 1.19 bits per heavy atom. The largest absolute Gasteiger partial charge is 0.356 e. The highest BCUT2D eigenvalue weighted by atomic mass is 19.1. The van der Waals surface area contributed by atoms with Crippen LogP contribution >= 0.6 is 0 Å². The Morgan fingerprint density at radius 2 is 2.03 bits per heavy atom. The summed E-state index contributed by atoms with van der Waals surface area (Å²) >= 11 is 0. The van der Waals surface area contributed by atoms with Crippen LogP contribution in [0.1, 0.15) is 45.5 Å². The zero-order chi connectivity index (χ0) is 25.7. The Hall–Kier alpha value is -4.02. The Kier molecular flexibility index (Phi) is 5.58. The number of rotatable bonds is 4. The van der Waals surface area contributed by atoms with Crippen molar-refractivity contribution in [3.8, 4) is 11.8 Å². The molecule has 0 spiro atoms. The zero-order valence-corrected chi connectivity index (χ0v) is 20.6. The van der Waals surface area contributed by atoms with Gasteiger partial charge < -0.3 is 15.2 Å². The van der Waals surface area contributed by atoms with Crippen LogP contribution in [-0.2, 0) is 0 Å². The predicted octanol–water partition coefficient (Wildman–Crippen LogP) is 4.97. The maximum Gasteiger partial charge on any atom is 0.270 e. The van der Waals surface area contributed by atoms with Crippen molar-refractivity contribution in [3.05, 3.63) is 101 Å². The number of piperidine rings is 1. The number of aromatic nitrogens is 2. The minimum Gasteiger partial charge on any atom is -0.356 e. The first-order chi connectivity index (χ1) is 17.8. The van der Waals surface area contributed by atoms with Crippen molar-refractivity contribution in [2.45, 2.75) is 19.4 Å². The van der Waals surface area contributed by atoms with Gasteiger partial charge in [0.15, 0.2) is 0 Å². The van der Waals surface area contributed by atoms with E-state index in [4.69, 9.17) is 0 Å². The first-order valence-electron chi connectivity index (χ1n) is 12.3. The monoisotopic (exact) mass is 496 g/mol. The van der Waals surface area contributed by atoms with Crippen LogP contribution in [0.2, 0.25) is 0 Å². The number of aryl methyl sites for hydroxylation is 1. The Bertz CT molecular complexity index is 1570. The number of hydrogen-bond donors (Lipinski definition) is 2. The smallest absolute Gasteiger partial charge is 0.270 e. The van der Waals surface area contributed by atoms with Crippen LogP contribution in [0, 0.1) is 41.7 Å². The number of aromatic amines is 1. The van der Waals surface area contributed by atoms with E-state index in [1.54, 1.807) is 6.07 Å². The molecule has 1 aliphatic carbocycles. The standard InChI is InChI=1S/C30H26F2N4O/c1-18-11-19(9-10-30-15-21(30)16-36(2)17-30)12-27(33-18)29(37)35-28(23-14-22(31)7-8-24(23)32)26-13-20-5-3-4-6-25(20)34-26/h3-8,11-14,21,28,34H,15-17H2,1-2H3,(H,35,37)/t21-,28?,30+/m1/s1. The fourth-order valence-corrected chi connectivity index (χ4v) is 5.50. The van der Waals surface area contributed by atoms with E-state index in [0.29, 0.717) is 22.9 Å². The molecule has 1 amide bonds. The first kappa shape index (κ1) is 23.4. The molecule has 186 valence electrons. The maximum atomic E-state index is 14.9. The van der Waals surface area contributed by atoms with E-state index >= 15 is 0 Å². The second-order valence-electron chi connectivity index (χ2n) is 10.3. The van der Waals surface area contributed by atoms with Gasteiger partial charge in [0.1, 0.15) is 17.3 Å². The molecule has 4 aromatic rings. The molecule has 3 atom stereocenters. The number of pyridine rings is 1. The number of nitrogens with one attached hydrogen (secondary N) is 2. The third kappa shape index (κ3) is 4.49. The summed E-state index contributed by atoms with van der Waals surface area (Å²) in [5, 5.41) is 3.77. The molecule has 2 aromatic carbocycles. The highest BCUT2D eigenvalue weighted by molar-refractivity contribution is 5.93.